The largest absolute Gasteiger partial charge is 0.465 e. The van der Waals surface area contributed by atoms with E-state index in [1.807, 2.05) is 0 Å². The zero-order chi connectivity index (χ0) is 14.9. The molecule has 1 atom stereocenters. The fourth-order valence-corrected chi connectivity index (χ4v) is 2.53. The quantitative estimate of drug-likeness (QED) is 0.743. The molecule has 21 heavy (non-hydrogen) atoms. The summed E-state index contributed by atoms with van der Waals surface area (Å²) in [7, 11) is 0. The summed E-state index contributed by atoms with van der Waals surface area (Å²) < 4.78 is 13.0. The Bertz CT molecular complexity index is 677. The van der Waals surface area contributed by atoms with Gasteiger partial charge in [0.15, 0.2) is 5.60 Å². The molecular weight excluding hydrogens is 275 g/mol. The van der Waals surface area contributed by atoms with Gasteiger partial charge in [-0.25, -0.2) is 9.18 Å². The van der Waals surface area contributed by atoms with E-state index in [4.69, 9.17) is 9.94 Å². The fourth-order valence-electron chi connectivity index (χ4n) is 2.53. The molecule has 5 nitrogen and oxygen atoms in total. The lowest BCUT2D eigenvalue weighted by molar-refractivity contribution is -0.00904. The van der Waals surface area contributed by atoms with Crippen LogP contribution in [0, 0.1) is 17.7 Å². The monoisotopic (exact) mass is 288 g/mol. The van der Waals surface area contributed by atoms with Gasteiger partial charge in [0.25, 0.3) is 0 Å². The van der Waals surface area contributed by atoms with Crippen molar-refractivity contribution in [2.45, 2.75) is 18.4 Å². The van der Waals surface area contributed by atoms with Crippen LogP contribution < -0.4 is 0 Å². The van der Waals surface area contributed by atoms with E-state index >= 15 is 0 Å². The number of carbonyl (C=O) groups is 1. The van der Waals surface area contributed by atoms with Crippen molar-refractivity contribution in [3.05, 3.63) is 35.6 Å². The molecule has 1 fully saturated rings. The van der Waals surface area contributed by atoms with Crippen molar-refractivity contribution in [2.75, 3.05) is 13.1 Å². The van der Waals surface area contributed by atoms with E-state index in [-0.39, 0.29) is 5.82 Å². The van der Waals surface area contributed by atoms with Crippen molar-refractivity contribution < 1.29 is 19.1 Å². The van der Waals surface area contributed by atoms with Gasteiger partial charge < -0.3 is 14.8 Å². The molecule has 0 radical (unpaired) electrons. The summed E-state index contributed by atoms with van der Waals surface area (Å²) in [5.74, 6) is 5.36. The minimum absolute atomic E-state index is 0.303. The Morgan fingerprint density at radius 2 is 2.33 bits per heavy atom. The first-order valence-corrected chi connectivity index (χ1v) is 6.57. The first kappa shape index (κ1) is 13.4. The summed E-state index contributed by atoms with van der Waals surface area (Å²) in [5.41, 5.74) is 0.549. The molecule has 6 heteroatoms. The molecule has 2 aliphatic heterocycles. The number of halogens is 1. The number of hydrogen-bond acceptors (Lipinski definition) is 3. The van der Waals surface area contributed by atoms with Gasteiger partial charge in [-0.3, -0.25) is 0 Å². The molecule has 1 spiro atoms. The van der Waals surface area contributed by atoms with Crippen molar-refractivity contribution in [3.8, 4) is 11.8 Å². The van der Waals surface area contributed by atoms with Crippen LogP contribution in [-0.2, 0) is 4.84 Å². The van der Waals surface area contributed by atoms with E-state index in [0.29, 0.717) is 37.2 Å². The molecule has 2 heterocycles. The number of benzene rings is 1. The maximum absolute atomic E-state index is 13.0. The topological polar surface area (TPSA) is 62.1 Å². The average Bonchev–Trinajstić information content (AvgIpc) is 3.05. The van der Waals surface area contributed by atoms with Crippen molar-refractivity contribution in [3.63, 3.8) is 0 Å². The predicted octanol–water partition coefficient (Wildman–Crippen LogP) is 2.08. The predicted molar refractivity (Wildman–Crippen MR) is 73.4 cm³/mol. The van der Waals surface area contributed by atoms with E-state index in [2.05, 4.69) is 17.0 Å². The molecule has 0 aliphatic carbocycles. The van der Waals surface area contributed by atoms with Crippen LogP contribution in [0.2, 0.25) is 0 Å². The molecule has 1 unspecified atom stereocenters. The number of rotatable bonds is 0. The van der Waals surface area contributed by atoms with Crippen molar-refractivity contribution >= 4 is 11.8 Å². The normalized spacial score (nSPS) is 23.5. The van der Waals surface area contributed by atoms with Crippen LogP contribution in [0.1, 0.15) is 18.4 Å². The molecule has 1 N–H and O–H groups in total. The molecular formula is C15H13FN2O3. The Hall–Kier alpha value is -2.55. The van der Waals surface area contributed by atoms with Crippen LogP contribution in [-0.4, -0.2) is 40.5 Å². The third-order valence-electron chi connectivity index (χ3n) is 3.60. The van der Waals surface area contributed by atoms with E-state index in [1.54, 1.807) is 12.1 Å². The zero-order valence-corrected chi connectivity index (χ0v) is 11.2. The molecule has 108 valence electrons. The highest BCUT2D eigenvalue weighted by Gasteiger charge is 2.46. The van der Waals surface area contributed by atoms with Gasteiger partial charge in [-0.05, 0) is 24.1 Å². The highest BCUT2D eigenvalue weighted by Crippen LogP contribution is 2.33. The first-order valence-electron chi connectivity index (χ1n) is 6.57. The Morgan fingerprint density at radius 1 is 1.48 bits per heavy atom. The summed E-state index contributed by atoms with van der Waals surface area (Å²) in [5, 5.41) is 12.9. The van der Waals surface area contributed by atoms with Gasteiger partial charge >= 0.3 is 6.09 Å². The van der Waals surface area contributed by atoms with Gasteiger partial charge in [0, 0.05) is 24.9 Å². The summed E-state index contributed by atoms with van der Waals surface area (Å²) in [6.07, 6.45) is 0.141. The Balaban J connectivity index is 1.67. The summed E-state index contributed by atoms with van der Waals surface area (Å²) in [6.45, 7) is 0.742. The Morgan fingerprint density at radius 3 is 3.05 bits per heavy atom. The summed E-state index contributed by atoms with van der Waals surface area (Å²) in [6, 6.07) is 6.01. The highest BCUT2D eigenvalue weighted by molar-refractivity contribution is 6.02. The maximum Gasteiger partial charge on any atom is 0.407 e. The molecule has 1 aromatic carbocycles. The second-order valence-electron chi connectivity index (χ2n) is 5.20. The molecule has 0 aromatic heterocycles. The fraction of sp³-hybridized carbons (Fsp3) is 0.333. The van der Waals surface area contributed by atoms with Gasteiger partial charge in [-0.1, -0.05) is 17.1 Å². The first-order chi connectivity index (χ1) is 10.1. The Labute approximate surface area is 121 Å². The van der Waals surface area contributed by atoms with E-state index in [1.165, 1.54) is 17.0 Å². The second kappa shape index (κ2) is 5.09. The zero-order valence-electron chi connectivity index (χ0n) is 11.2. The van der Waals surface area contributed by atoms with Gasteiger partial charge in [0.1, 0.15) is 11.5 Å². The van der Waals surface area contributed by atoms with Gasteiger partial charge in [-0.15, -0.1) is 0 Å². The smallest absolute Gasteiger partial charge is 0.407 e. The van der Waals surface area contributed by atoms with Crippen molar-refractivity contribution in [1.82, 2.24) is 4.90 Å². The van der Waals surface area contributed by atoms with Gasteiger partial charge in [0.2, 0.25) is 0 Å². The number of amides is 1. The lowest BCUT2D eigenvalue weighted by Crippen LogP contribution is -2.35. The second-order valence-corrected chi connectivity index (χ2v) is 5.20. The van der Waals surface area contributed by atoms with E-state index < -0.39 is 11.7 Å². The molecule has 2 aliphatic rings. The van der Waals surface area contributed by atoms with Crippen LogP contribution in [0.25, 0.3) is 0 Å². The molecule has 3 rings (SSSR count). The van der Waals surface area contributed by atoms with Crippen LogP contribution in [0.5, 0.6) is 0 Å². The minimum Gasteiger partial charge on any atom is -0.465 e. The average molecular weight is 288 g/mol. The summed E-state index contributed by atoms with van der Waals surface area (Å²) >= 11 is 0. The lowest BCUT2D eigenvalue weighted by Gasteiger charge is -2.19. The Kier molecular flexibility index (Phi) is 3.26. The van der Waals surface area contributed by atoms with Crippen molar-refractivity contribution in [1.29, 1.82) is 0 Å². The number of carboxylic acid groups (broad SMARTS) is 1. The van der Waals surface area contributed by atoms with E-state index in [0.717, 1.165) is 0 Å². The third kappa shape index (κ3) is 2.82. The van der Waals surface area contributed by atoms with Gasteiger partial charge in [-0.2, -0.15) is 0 Å². The number of likely N-dealkylation sites (tertiary alicyclic amines) is 1. The summed E-state index contributed by atoms with van der Waals surface area (Å²) in [4.78, 5) is 17.7. The molecule has 1 saturated heterocycles. The molecule has 0 bridgehead atoms. The maximum atomic E-state index is 13.0. The molecule has 0 saturated carbocycles. The van der Waals surface area contributed by atoms with Crippen LogP contribution in [0.4, 0.5) is 9.18 Å². The van der Waals surface area contributed by atoms with Crippen LogP contribution in [0.3, 0.4) is 0 Å². The standard InChI is InChI=1S/C15H13FN2O3/c16-12-3-1-2-11(8-12)4-5-13-9-15(21-17-13)6-7-18(10-15)14(19)20/h1-3,8H,6-7,9-10H2,(H,19,20). The van der Waals surface area contributed by atoms with Crippen LogP contribution in [0.15, 0.2) is 29.4 Å². The minimum atomic E-state index is -0.949. The van der Waals surface area contributed by atoms with Crippen molar-refractivity contribution in [2.24, 2.45) is 5.16 Å². The number of hydrogen-bond donors (Lipinski definition) is 1. The van der Waals surface area contributed by atoms with E-state index in [9.17, 15) is 9.18 Å². The number of oxime groups is 1. The molecule has 1 amide bonds. The number of nitrogens with zero attached hydrogens (tertiary/aromatic N) is 2. The highest BCUT2D eigenvalue weighted by atomic mass is 19.1. The van der Waals surface area contributed by atoms with Gasteiger partial charge in [0.05, 0.1) is 6.54 Å². The molecule has 1 aromatic rings. The SMILES string of the molecule is O=C(O)N1CCC2(CC(C#Cc3cccc(F)c3)=NO2)C1. The van der Waals surface area contributed by atoms with Crippen LogP contribution >= 0.6 is 0 Å². The lowest BCUT2D eigenvalue weighted by atomic mass is 9.97. The third-order valence-corrected chi connectivity index (χ3v) is 3.60.